The third-order valence-corrected chi connectivity index (χ3v) is 1.91. The summed E-state index contributed by atoms with van der Waals surface area (Å²) in [5.41, 5.74) is 0. The van der Waals surface area contributed by atoms with Crippen molar-refractivity contribution in [2.24, 2.45) is 0 Å². The molecule has 1 unspecified atom stereocenters. The molecule has 2 N–H and O–H groups in total. The molecule has 0 spiro atoms. The minimum Gasteiger partial charge on any atom is -0.384 e. The highest BCUT2D eigenvalue weighted by Crippen LogP contribution is 2.40. The maximum atomic E-state index is 10.5. The Hall–Kier alpha value is 0.110. The van der Waals surface area contributed by atoms with Crippen LogP contribution in [0.5, 0.6) is 0 Å². The van der Waals surface area contributed by atoms with Gasteiger partial charge in [0.25, 0.3) is 0 Å². The third-order valence-electron chi connectivity index (χ3n) is 0.970. The zero-order valence-corrected chi connectivity index (χ0v) is 6.88. The van der Waals surface area contributed by atoms with Crippen LogP contribution >= 0.6 is 7.60 Å². The zero-order valence-electron chi connectivity index (χ0n) is 5.99. The van der Waals surface area contributed by atoms with E-state index in [2.05, 4.69) is 4.52 Å². The molecule has 0 heterocycles. The van der Waals surface area contributed by atoms with E-state index in [1.165, 1.54) is 0 Å². The molecule has 1 atom stereocenters. The monoisotopic (exact) mass is 168 g/mol. The van der Waals surface area contributed by atoms with Gasteiger partial charge in [0, 0.05) is 0 Å². The van der Waals surface area contributed by atoms with Crippen LogP contribution in [0.1, 0.15) is 19.8 Å². The number of unbranched alkanes of at least 4 members (excludes halogenated alkanes) is 1. The summed E-state index contributed by atoms with van der Waals surface area (Å²) in [7, 11) is -3.65. The second-order valence-electron chi connectivity index (χ2n) is 1.97. The summed E-state index contributed by atoms with van der Waals surface area (Å²) >= 11 is 0. The topological polar surface area (TPSA) is 66.8 Å². The lowest BCUT2D eigenvalue weighted by Crippen LogP contribution is -1.95. The van der Waals surface area contributed by atoms with Gasteiger partial charge in [-0.3, -0.25) is 4.57 Å². The Morgan fingerprint density at radius 2 is 2.20 bits per heavy atom. The van der Waals surface area contributed by atoms with Crippen molar-refractivity contribution in [2.45, 2.75) is 19.8 Å². The average molecular weight is 168 g/mol. The Labute approximate surface area is 60.4 Å². The van der Waals surface area contributed by atoms with Gasteiger partial charge in [-0.1, -0.05) is 13.3 Å². The van der Waals surface area contributed by atoms with E-state index in [9.17, 15) is 4.57 Å². The molecule has 0 aliphatic heterocycles. The number of rotatable bonds is 5. The Morgan fingerprint density at radius 3 is 2.60 bits per heavy atom. The molecule has 0 rings (SSSR count). The molecule has 0 aromatic heterocycles. The van der Waals surface area contributed by atoms with E-state index < -0.39 is 13.9 Å². The number of aliphatic hydroxyl groups is 1. The molecule has 5 heteroatoms. The maximum absolute atomic E-state index is 10.5. The van der Waals surface area contributed by atoms with Crippen LogP contribution in [0.2, 0.25) is 0 Å². The van der Waals surface area contributed by atoms with Crippen molar-refractivity contribution in [1.29, 1.82) is 0 Å². The summed E-state index contributed by atoms with van der Waals surface area (Å²) in [5.74, 6) is 0. The predicted octanol–water partition coefficient (Wildman–Crippen LogP) is 0.938. The first kappa shape index (κ1) is 10.1. The molecule has 0 aliphatic carbocycles. The van der Waals surface area contributed by atoms with Gasteiger partial charge in [0.1, 0.15) is 6.35 Å². The maximum Gasteiger partial charge on any atom is 0.353 e. The fraction of sp³-hybridized carbons (Fsp3) is 1.00. The summed E-state index contributed by atoms with van der Waals surface area (Å²) in [6.45, 7) is 2.19. The van der Waals surface area contributed by atoms with Gasteiger partial charge in [0.15, 0.2) is 0 Å². The van der Waals surface area contributed by atoms with Crippen molar-refractivity contribution < 1.29 is 19.1 Å². The molecule has 0 aromatic rings. The SMILES string of the molecule is CCCCOP(=O)(O)CO. The lowest BCUT2D eigenvalue weighted by Gasteiger charge is -2.07. The van der Waals surface area contributed by atoms with Crippen LogP contribution in [0.4, 0.5) is 0 Å². The summed E-state index contributed by atoms with van der Waals surface area (Å²) in [6.07, 6.45) is 0.854. The van der Waals surface area contributed by atoms with Crippen LogP contribution in [0, 0.1) is 0 Å². The second kappa shape index (κ2) is 4.85. The highest BCUT2D eigenvalue weighted by Gasteiger charge is 2.15. The normalized spacial score (nSPS) is 16.7. The van der Waals surface area contributed by atoms with Gasteiger partial charge in [-0.05, 0) is 6.42 Å². The molecule has 0 aromatic carbocycles. The van der Waals surface area contributed by atoms with Crippen molar-refractivity contribution in [3.05, 3.63) is 0 Å². The van der Waals surface area contributed by atoms with E-state index in [-0.39, 0.29) is 6.61 Å². The van der Waals surface area contributed by atoms with Crippen LogP contribution in [0.3, 0.4) is 0 Å². The van der Waals surface area contributed by atoms with Crippen molar-refractivity contribution in [3.8, 4) is 0 Å². The third kappa shape index (κ3) is 4.94. The van der Waals surface area contributed by atoms with Crippen LogP contribution in [-0.2, 0) is 9.09 Å². The van der Waals surface area contributed by atoms with Crippen molar-refractivity contribution in [2.75, 3.05) is 13.0 Å². The smallest absolute Gasteiger partial charge is 0.353 e. The molecule has 10 heavy (non-hydrogen) atoms. The Bertz CT molecular complexity index is 125. The van der Waals surface area contributed by atoms with Gasteiger partial charge in [-0.15, -0.1) is 0 Å². The molecular formula is C5H13O4P. The van der Waals surface area contributed by atoms with Crippen molar-refractivity contribution in [3.63, 3.8) is 0 Å². The second-order valence-corrected chi connectivity index (χ2v) is 3.78. The molecule has 0 saturated carbocycles. The van der Waals surface area contributed by atoms with E-state index in [0.717, 1.165) is 12.8 Å². The summed E-state index contributed by atoms with van der Waals surface area (Å²) in [4.78, 5) is 8.63. The molecular weight excluding hydrogens is 155 g/mol. The van der Waals surface area contributed by atoms with Crippen LogP contribution in [0.25, 0.3) is 0 Å². The minimum absolute atomic E-state index is 0.241. The van der Waals surface area contributed by atoms with Crippen molar-refractivity contribution in [1.82, 2.24) is 0 Å². The standard InChI is InChI=1S/C5H13O4P/c1-2-3-4-9-10(7,8)5-6/h6H,2-5H2,1H3,(H,7,8). The number of aliphatic hydroxyl groups excluding tert-OH is 1. The van der Waals surface area contributed by atoms with E-state index >= 15 is 0 Å². The molecule has 0 bridgehead atoms. The first-order chi connectivity index (χ1) is 4.62. The van der Waals surface area contributed by atoms with Gasteiger partial charge >= 0.3 is 7.60 Å². The van der Waals surface area contributed by atoms with Gasteiger partial charge in [0.2, 0.25) is 0 Å². The lowest BCUT2D eigenvalue weighted by molar-refractivity contribution is 0.221. The predicted molar refractivity (Wildman–Crippen MR) is 37.8 cm³/mol. The highest BCUT2D eigenvalue weighted by molar-refractivity contribution is 7.52. The van der Waals surface area contributed by atoms with Crippen LogP contribution in [-0.4, -0.2) is 23.0 Å². The fourth-order valence-electron chi connectivity index (χ4n) is 0.392. The quantitative estimate of drug-likeness (QED) is 0.473. The van der Waals surface area contributed by atoms with Gasteiger partial charge < -0.3 is 14.5 Å². The number of hydrogen-bond acceptors (Lipinski definition) is 3. The lowest BCUT2D eigenvalue weighted by atomic mass is 10.4. The van der Waals surface area contributed by atoms with Crippen molar-refractivity contribution >= 4 is 7.60 Å². The van der Waals surface area contributed by atoms with E-state index in [0.29, 0.717) is 0 Å². The van der Waals surface area contributed by atoms with Gasteiger partial charge in [-0.2, -0.15) is 0 Å². The number of hydrogen-bond donors (Lipinski definition) is 2. The van der Waals surface area contributed by atoms with E-state index in [4.69, 9.17) is 10.00 Å². The molecule has 0 aliphatic rings. The van der Waals surface area contributed by atoms with Gasteiger partial charge in [-0.25, -0.2) is 0 Å². The Morgan fingerprint density at radius 1 is 1.60 bits per heavy atom. The Kier molecular flexibility index (Phi) is 4.91. The summed E-state index contributed by atoms with van der Waals surface area (Å²) in [6, 6.07) is 0. The summed E-state index contributed by atoms with van der Waals surface area (Å²) < 4.78 is 15.0. The largest absolute Gasteiger partial charge is 0.384 e. The molecule has 0 saturated heterocycles. The van der Waals surface area contributed by atoms with Gasteiger partial charge in [0.05, 0.1) is 6.61 Å². The molecule has 0 amide bonds. The van der Waals surface area contributed by atoms with Crippen LogP contribution in [0.15, 0.2) is 0 Å². The molecule has 0 fully saturated rings. The molecule has 0 radical (unpaired) electrons. The Balaban J connectivity index is 3.38. The minimum atomic E-state index is -3.65. The first-order valence-electron chi connectivity index (χ1n) is 3.19. The molecule has 4 nitrogen and oxygen atoms in total. The fourth-order valence-corrected chi connectivity index (χ4v) is 0.888. The zero-order chi connectivity index (χ0) is 8.04. The van der Waals surface area contributed by atoms with E-state index in [1.54, 1.807) is 0 Å². The van der Waals surface area contributed by atoms with Crippen LogP contribution < -0.4 is 0 Å². The first-order valence-corrected chi connectivity index (χ1v) is 4.96. The molecule has 62 valence electrons. The highest BCUT2D eigenvalue weighted by atomic mass is 31.2. The summed E-state index contributed by atoms with van der Waals surface area (Å²) in [5, 5.41) is 8.26. The van der Waals surface area contributed by atoms with E-state index in [1.807, 2.05) is 6.92 Å². The average Bonchev–Trinajstić information content (AvgIpc) is 1.89.